The summed E-state index contributed by atoms with van der Waals surface area (Å²) in [5.74, 6) is 4.64. The molecule has 0 saturated carbocycles. The summed E-state index contributed by atoms with van der Waals surface area (Å²) in [7, 11) is 0. The lowest BCUT2D eigenvalue weighted by atomic mass is 9.95. The third-order valence-electron chi connectivity index (χ3n) is 4.47. The van der Waals surface area contributed by atoms with Crippen LogP contribution in [-0.4, -0.2) is 41.6 Å². The highest BCUT2D eigenvalue weighted by Crippen LogP contribution is 2.09. The molecule has 2 amide bonds. The van der Waals surface area contributed by atoms with E-state index in [-0.39, 0.29) is 6.54 Å². The largest absolute Gasteiger partial charge is 0.338 e. The van der Waals surface area contributed by atoms with Crippen LogP contribution in [0.1, 0.15) is 40.9 Å². The summed E-state index contributed by atoms with van der Waals surface area (Å²) in [5, 5.41) is 14.0. The Morgan fingerprint density at radius 3 is 2.03 bits per heavy atom. The highest BCUT2D eigenvalue weighted by molar-refractivity contribution is 5.97. The Morgan fingerprint density at radius 1 is 1.03 bits per heavy atom. The minimum absolute atomic E-state index is 0.302. The highest BCUT2D eigenvalue weighted by Gasteiger charge is 2.33. The van der Waals surface area contributed by atoms with Crippen LogP contribution in [0.25, 0.3) is 0 Å². The van der Waals surface area contributed by atoms with Crippen molar-refractivity contribution in [2.45, 2.75) is 38.4 Å². The lowest BCUT2D eigenvalue weighted by Gasteiger charge is -2.29. The van der Waals surface area contributed by atoms with Gasteiger partial charge in [-0.05, 0) is 55.8 Å². The number of rotatable bonds is 8. The topological polar surface area (TPSA) is 116 Å². The molecule has 7 nitrogen and oxygen atoms in total. The standard InChI is InChI=1S/C23H26F2N4O3/c1-23(2,26)20(22(31)29-32)28-21(30)18-11-9-16(10-12-18)4-3-15-5-7-17(8-6-15)13-27-14-19(24)25/h5-12,19-20,27,32H,13-14,26H2,1-2H3,(H,28,30)(H,29,31). The summed E-state index contributed by atoms with van der Waals surface area (Å²) in [6.07, 6.45) is -2.38. The molecule has 0 saturated heterocycles. The molecular formula is C23H26F2N4O3. The third kappa shape index (κ3) is 7.74. The van der Waals surface area contributed by atoms with Gasteiger partial charge in [-0.25, -0.2) is 14.3 Å². The minimum atomic E-state index is -2.38. The molecule has 0 aliphatic rings. The molecule has 1 atom stereocenters. The second kappa shape index (κ2) is 11.3. The van der Waals surface area contributed by atoms with Crippen LogP contribution in [-0.2, 0) is 11.3 Å². The molecule has 2 rings (SSSR count). The molecule has 32 heavy (non-hydrogen) atoms. The Labute approximate surface area is 185 Å². The molecule has 0 radical (unpaired) electrons. The van der Waals surface area contributed by atoms with Gasteiger partial charge in [0.25, 0.3) is 18.2 Å². The smallest absolute Gasteiger partial charge is 0.267 e. The minimum Gasteiger partial charge on any atom is -0.338 e. The van der Waals surface area contributed by atoms with Gasteiger partial charge in [0, 0.05) is 28.8 Å². The fraction of sp³-hybridized carbons (Fsp3) is 0.304. The lowest BCUT2D eigenvalue weighted by Crippen LogP contribution is -2.61. The van der Waals surface area contributed by atoms with Crippen molar-refractivity contribution in [3.05, 3.63) is 70.8 Å². The van der Waals surface area contributed by atoms with Crippen molar-refractivity contribution < 1.29 is 23.6 Å². The van der Waals surface area contributed by atoms with Gasteiger partial charge in [0.2, 0.25) is 0 Å². The van der Waals surface area contributed by atoms with Crippen LogP contribution >= 0.6 is 0 Å². The molecule has 0 aliphatic heterocycles. The lowest BCUT2D eigenvalue weighted by molar-refractivity contribution is -0.132. The van der Waals surface area contributed by atoms with Gasteiger partial charge in [-0.2, -0.15) is 0 Å². The zero-order chi connectivity index (χ0) is 23.7. The molecular weight excluding hydrogens is 418 g/mol. The average Bonchev–Trinajstić information content (AvgIpc) is 2.75. The second-order valence-electron chi connectivity index (χ2n) is 7.75. The number of hydroxylamine groups is 1. The van der Waals surface area contributed by atoms with Crippen molar-refractivity contribution >= 4 is 11.8 Å². The maximum Gasteiger partial charge on any atom is 0.267 e. The van der Waals surface area contributed by atoms with Crippen LogP contribution in [0.5, 0.6) is 0 Å². The summed E-state index contributed by atoms with van der Waals surface area (Å²) in [4.78, 5) is 24.2. The maximum atomic E-state index is 12.4. The van der Waals surface area contributed by atoms with E-state index in [1.807, 2.05) is 12.1 Å². The molecule has 0 heterocycles. The van der Waals surface area contributed by atoms with Crippen LogP contribution in [0.4, 0.5) is 8.78 Å². The molecule has 2 aromatic carbocycles. The summed E-state index contributed by atoms with van der Waals surface area (Å²) in [6.45, 7) is 3.11. The zero-order valence-corrected chi connectivity index (χ0v) is 17.8. The average molecular weight is 444 g/mol. The number of alkyl halides is 2. The van der Waals surface area contributed by atoms with Crippen LogP contribution in [0.3, 0.4) is 0 Å². The molecule has 0 aliphatic carbocycles. The number of nitrogens with two attached hydrogens (primary N) is 1. The number of nitrogens with one attached hydrogen (secondary N) is 3. The number of halogens is 2. The van der Waals surface area contributed by atoms with Gasteiger partial charge >= 0.3 is 0 Å². The van der Waals surface area contributed by atoms with E-state index in [0.29, 0.717) is 17.7 Å². The predicted molar refractivity (Wildman–Crippen MR) is 116 cm³/mol. The number of hydrogen-bond donors (Lipinski definition) is 5. The number of carbonyl (C=O) groups excluding carboxylic acids is 2. The van der Waals surface area contributed by atoms with Gasteiger partial charge in [-0.3, -0.25) is 14.8 Å². The molecule has 0 bridgehead atoms. The number of benzene rings is 2. The van der Waals surface area contributed by atoms with Gasteiger partial charge in [-0.1, -0.05) is 24.0 Å². The van der Waals surface area contributed by atoms with Crippen molar-refractivity contribution in [1.29, 1.82) is 0 Å². The Hall–Kier alpha value is -3.32. The van der Waals surface area contributed by atoms with E-state index in [9.17, 15) is 18.4 Å². The van der Waals surface area contributed by atoms with Gasteiger partial charge in [0.15, 0.2) is 0 Å². The van der Waals surface area contributed by atoms with Crippen LogP contribution in [0.2, 0.25) is 0 Å². The monoisotopic (exact) mass is 444 g/mol. The second-order valence-corrected chi connectivity index (χ2v) is 7.75. The van der Waals surface area contributed by atoms with E-state index in [4.69, 9.17) is 10.9 Å². The molecule has 0 spiro atoms. The van der Waals surface area contributed by atoms with E-state index in [1.54, 1.807) is 50.2 Å². The summed E-state index contributed by atoms with van der Waals surface area (Å²) >= 11 is 0. The van der Waals surface area contributed by atoms with E-state index < -0.39 is 29.8 Å². The van der Waals surface area contributed by atoms with Crippen molar-refractivity contribution in [2.75, 3.05) is 6.54 Å². The number of carbonyl (C=O) groups is 2. The molecule has 9 heteroatoms. The first-order valence-corrected chi connectivity index (χ1v) is 9.83. The van der Waals surface area contributed by atoms with E-state index in [0.717, 1.165) is 11.1 Å². The van der Waals surface area contributed by atoms with Gasteiger partial charge in [0.05, 0.1) is 6.54 Å². The molecule has 2 aromatic rings. The molecule has 6 N–H and O–H groups in total. The fourth-order valence-corrected chi connectivity index (χ4v) is 2.75. The SMILES string of the molecule is CC(C)(N)C(NC(=O)c1ccc(C#Cc2ccc(CNCC(F)F)cc2)cc1)C(=O)NO. The first-order valence-electron chi connectivity index (χ1n) is 9.83. The number of hydrogen-bond acceptors (Lipinski definition) is 5. The van der Waals surface area contributed by atoms with E-state index in [1.165, 1.54) is 5.48 Å². The van der Waals surface area contributed by atoms with Crippen molar-refractivity contribution in [1.82, 2.24) is 16.1 Å². The highest BCUT2D eigenvalue weighted by atomic mass is 19.3. The molecule has 0 fully saturated rings. The Morgan fingerprint density at radius 2 is 1.56 bits per heavy atom. The third-order valence-corrected chi connectivity index (χ3v) is 4.47. The van der Waals surface area contributed by atoms with Gasteiger partial charge < -0.3 is 16.4 Å². The summed E-state index contributed by atoms with van der Waals surface area (Å²) < 4.78 is 24.3. The zero-order valence-electron chi connectivity index (χ0n) is 17.8. The Balaban J connectivity index is 2.00. The Bertz CT molecular complexity index is 976. The fourth-order valence-electron chi connectivity index (χ4n) is 2.75. The maximum absolute atomic E-state index is 12.4. The van der Waals surface area contributed by atoms with Crippen LogP contribution in [0, 0.1) is 11.8 Å². The molecule has 1 unspecified atom stereocenters. The quantitative estimate of drug-likeness (QED) is 0.242. The normalized spacial score (nSPS) is 12.0. The van der Waals surface area contributed by atoms with Gasteiger partial charge in [0.1, 0.15) is 6.04 Å². The van der Waals surface area contributed by atoms with E-state index >= 15 is 0 Å². The summed E-state index contributed by atoms with van der Waals surface area (Å²) in [6, 6.07) is 12.6. The van der Waals surface area contributed by atoms with E-state index in [2.05, 4.69) is 22.5 Å². The van der Waals surface area contributed by atoms with Crippen molar-refractivity contribution in [3.8, 4) is 11.8 Å². The number of amides is 2. The predicted octanol–water partition coefficient (Wildman–Crippen LogP) is 1.78. The Kier molecular flexibility index (Phi) is 8.84. The van der Waals surface area contributed by atoms with Crippen molar-refractivity contribution in [3.63, 3.8) is 0 Å². The first-order chi connectivity index (χ1) is 15.1. The van der Waals surface area contributed by atoms with Crippen LogP contribution < -0.4 is 21.8 Å². The molecule has 0 aromatic heterocycles. The van der Waals surface area contributed by atoms with Crippen molar-refractivity contribution in [2.24, 2.45) is 5.73 Å². The summed E-state index contributed by atoms with van der Waals surface area (Å²) in [5.41, 5.74) is 8.92. The first kappa shape index (κ1) is 24.9. The molecule has 170 valence electrons. The van der Waals surface area contributed by atoms with Gasteiger partial charge in [-0.15, -0.1) is 0 Å². The van der Waals surface area contributed by atoms with Crippen LogP contribution in [0.15, 0.2) is 48.5 Å².